The first-order valence-electron chi connectivity index (χ1n) is 6.59. The van der Waals surface area contributed by atoms with Crippen LogP contribution in [0.25, 0.3) is 5.57 Å². The van der Waals surface area contributed by atoms with Gasteiger partial charge in [0.1, 0.15) is 5.82 Å². The second-order valence-electron chi connectivity index (χ2n) is 2.77. The van der Waals surface area contributed by atoms with Crippen molar-refractivity contribution in [2.75, 3.05) is 0 Å². The number of nitrogens with zero attached hydrogens (tertiary/aromatic N) is 2. The van der Waals surface area contributed by atoms with E-state index in [0.29, 0.717) is 0 Å². The van der Waals surface area contributed by atoms with Crippen molar-refractivity contribution < 1.29 is 0 Å². The minimum Gasteiger partial charge on any atom is -0.241 e. The van der Waals surface area contributed by atoms with Crippen LogP contribution in [0.15, 0.2) is 43.6 Å². The second kappa shape index (κ2) is 13.4. The zero-order chi connectivity index (χ0) is 14.4. The van der Waals surface area contributed by atoms with Crippen LogP contribution in [0.4, 0.5) is 0 Å². The van der Waals surface area contributed by atoms with Gasteiger partial charge in [-0.3, -0.25) is 0 Å². The summed E-state index contributed by atoms with van der Waals surface area (Å²) in [6.07, 6.45) is 7.98. The third-order valence-electron chi connectivity index (χ3n) is 1.83. The Bertz CT molecular complexity index is 365. The van der Waals surface area contributed by atoms with Gasteiger partial charge in [0, 0.05) is 12.6 Å². The molecule has 0 unspecified atom stereocenters. The first-order chi connectivity index (χ1) is 8.81. The standard InChI is InChI=1S/C12H14N2.2C2H6/c1-4-7-10(5-2)11-8-9-13-12(6-3)14-11;2*1-2/h4-5,7-9H,1-2,6H2,3H3;2*1-2H3/b10-7+;;. The van der Waals surface area contributed by atoms with Crippen molar-refractivity contribution in [3.8, 4) is 0 Å². The van der Waals surface area contributed by atoms with Gasteiger partial charge in [-0.15, -0.1) is 0 Å². The molecule has 0 aromatic carbocycles. The maximum atomic E-state index is 4.38. The summed E-state index contributed by atoms with van der Waals surface area (Å²) < 4.78 is 0. The summed E-state index contributed by atoms with van der Waals surface area (Å²) in [5, 5.41) is 0. The van der Waals surface area contributed by atoms with E-state index in [1.807, 2.05) is 46.8 Å². The third kappa shape index (κ3) is 6.79. The van der Waals surface area contributed by atoms with Crippen LogP contribution in [-0.4, -0.2) is 9.97 Å². The smallest absolute Gasteiger partial charge is 0.128 e. The van der Waals surface area contributed by atoms with Crippen molar-refractivity contribution >= 4 is 5.57 Å². The van der Waals surface area contributed by atoms with Gasteiger partial charge in [-0.1, -0.05) is 66.0 Å². The van der Waals surface area contributed by atoms with Gasteiger partial charge in [-0.2, -0.15) is 0 Å². The van der Waals surface area contributed by atoms with Crippen molar-refractivity contribution in [1.82, 2.24) is 9.97 Å². The maximum absolute atomic E-state index is 4.38. The molecule has 2 heteroatoms. The Kier molecular flexibility index (Phi) is 13.9. The van der Waals surface area contributed by atoms with Crippen molar-refractivity contribution in [2.45, 2.75) is 41.0 Å². The predicted octanol–water partition coefficient (Wildman–Crippen LogP) is 4.85. The van der Waals surface area contributed by atoms with Crippen molar-refractivity contribution in [1.29, 1.82) is 0 Å². The first kappa shape index (κ1) is 18.7. The maximum Gasteiger partial charge on any atom is 0.128 e. The Labute approximate surface area is 112 Å². The highest BCUT2D eigenvalue weighted by Crippen LogP contribution is 2.12. The molecule has 0 bridgehead atoms. The molecular formula is C16H26N2. The number of hydrogen-bond acceptors (Lipinski definition) is 2. The number of rotatable bonds is 4. The molecule has 100 valence electrons. The number of aromatic nitrogens is 2. The lowest BCUT2D eigenvalue weighted by molar-refractivity contribution is 0.931. The van der Waals surface area contributed by atoms with Gasteiger partial charge < -0.3 is 0 Å². The molecule has 0 saturated heterocycles. The second-order valence-corrected chi connectivity index (χ2v) is 2.77. The Morgan fingerprint density at radius 1 is 1.22 bits per heavy atom. The summed E-state index contributed by atoms with van der Waals surface area (Å²) in [4.78, 5) is 8.52. The largest absolute Gasteiger partial charge is 0.241 e. The Balaban J connectivity index is 0. The molecule has 0 aliphatic rings. The van der Waals surface area contributed by atoms with E-state index in [-0.39, 0.29) is 0 Å². The lowest BCUT2D eigenvalue weighted by Crippen LogP contribution is -1.95. The quantitative estimate of drug-likeness (QED) is 0.710. The highest BCUT2D eigenvalue weighted by Gasteiger charge is 1.99. The van der Waals surface area contributed by atoms with Crippen molar-refractivity contribution in [3.63, 3.8) is 0 Å². The van der Waals surface area contributed by atoms with Crippen LogP contribution in [0.3, 0.4) is 0 Å². The summed E-state index contributed by atoms with van der Waals surface area (Å²) in [6, 6.07) is 1.87. The molecule has 2 nitrogen and oxygen atoms in total. The summed E-state index contributed by atoms with van der Waals surface area (Å²) in [7, 11) is 0. The monoisotopic (exact) mass is 246 g/mol. The number of aryl methyl sites for hydroxylation is 1. The van der Waals surface area contributed by atoms with E-state index in [1.165, 1.54) is 0 Å². The molecule has 0 saturated carbocycles. The molecular weight excluding hydrogens is 220 g/mol. The van der Waals surface area contributed by atoms with E-state index in [9.17, 15) is 0 Å². The van der Waals surface area contributed by atoms with Crippen LogP contribution < -0.4 is 0 Å². The number of hydrogen-bond donors (Lipinski definition) is 0. The van der Waals surface area contributed by atoms with Crippen LogP contribution in [-0.2, 0) is 6.42 Å². The van der Waals surface area contributed by atoms with E-state index in [4.69, 9.17) is 0 Å². The van der Waals surface area contributed by atoms with Crippen molar-refractivity contribution in [2.24, 2.45) is 0 Å². The van der Waals surface area contributed by atoms with Gasteiger partial charge in [0.05, 0.1) is 5.69 Å². The topological polar surface area (TPSA) is 25.8 Å². The average molecular weight is 246 g/mol. The molecule has 0 aliphatic heterocycles. The van der Waals surface area contributed by atoms with Gasteiger partial charge >= 0.3 is 0 Å². The summed E-state index contributed by atoms with van der Waals surface area (Å²) in [5.41, 5.74) is 1.86. The lowest BCUT2D eigenvalue weighted by Gasteiger charge is -2.01. The van der Waals surface area contributed by atoms with Crippen LogP contribution in [0, 0.1) is 0 Å². The fourth-order valence-corrected chi connectivity index (χ4v) is 1.12. The molecule has 0 fully saturated rings. The third-order valence-corrected chi connectivity index (χ3v) is 1.83. The molecule has 18 heavy (non-hydrogen) atoms. The van der Waals surface area contributed by atoms with Crippen LogP contribution >= 0.6 is 0 Å². The molecule has 0 amide bonds. The molecule has 0 spiro atoms. The zero-order valence-electron chi connectivity index (χ0n) is 12.4. The zero-order valence-corrected chi connectivity index (χ0v) is 12.4. The van der Waals surface area contributed by atoms with Gasteiger partial charge in [0.15, 0.2) is 0 Å². The Morgan fingerprint density at radius 2 is 1.83 bits per heavy atom. The summed E-state index contributed by atoms with van der Waals surface area (Å²) in [5.74, 6) is 0.847. The fraction of sp³-hybridized carbons (Fsp3) is 0.375. The molecule has 1 aromatic rings. The minimum atomic E-state index is 0.840. The van der Waals surface area contributed by atoms with Gasteiger partial charge in [0.25, 0.3) is 0 Å². The fourth-order valence-electron chi connectivity index (χ4n) is 1.12. The van der Waals surface area contributed by atoms with Gasteiger partial charge in [0.2, 0.25) is 0 Å². The number of allylic oxidation sites excluding steroid dienone is 4. The van der Waals surface area contributed by atoms with E-state index >= 15 is 0 Å². The van der Waals surface area contributed by atoms with Crippen LogP contribution in [0.2, 0.25) is 0 Å². The molecule has 1 heterocycles. The highest BCUT2D eigenvalue weighted by molar-refractivity contribution is 5.72. The molecule has 0 radical (unpaired) electrons. The van der Waals surface area contributed by atoms with Gasteiger partial charge in [-0.25, -0.2) is 9.97 Å². The Hall–Kier alpha value is -1.70. The molecule has 1 aromatic heterocycles. The summed E-state index contributed by atoms with van der Waals surface area (Å²) in [6.45, 7) is 17.4. The molecule has 0 N–H and O–H groups in total. The van der Waals surface area contributed by atoms with E-state index < -0.39 is 0 Å². The SMILES string of the molecule is C=C/C=C(\C=C)c1ccnc(CC)n1.CC.CC. The molecule has 1 rings (SSSR count). The van der Waals surface area contributed by atoms with E-state index in [0.717, 1.165) is 23.5 Å². The van der Waals surface area contributed by atoms with E-state index in [2.05, 4.69) is 23.1 Å². The normalized spacial score (nSPS) is 9.28. The van der Waals surface area contributed by atoms with Crippen LogP contribution in [0.1, 0.15) is 46.1 Å². The van der Waals surface area contributed by atoms with Crippen LogP contribution in [0.5, 0.6) is 0 Å². The minimum absolute atomic E-state index is 0.840. The lowest BCUT2D eigenvalue weighted by atomic mass is 10.1. The highest BCUT2D eigenvalue weighted by atomic mass is 14.9. The van der Waals surface area contributed by atoms with E-state index in [1.54, 1.807) is 18.3 Å². The molecule has 0 atom stereocenters. The Morgan fingerprint density at radius 3 is 2.28 bits per heavy atom. The molecule has 0 aliphatic carbocycles. The first-order valence-corrected chi connectivity index (χ1v) is 6.59. The predicted molar refractivity (Wildman–Crippen MR) is 82.5 cm³/mol. The average Bonchev–Trinajstić information content (AvgIpc) is 2.49. The summed E-state index contributed by atoms with van der Waals surface area (Å²) >= 11 is 0. The van der Waals surface area contributed by atoms with Crippen molar-refractivity contribution in [3.05, 3.63) is 55.2 Å². The van der Waals surface area contributed by atoms with Gasteiger partial charge in [-0.05, 0) is 11.6 Å².